The van der Waals surface area contributed by atoms with E-state index >= 15 is 0 Å². The monoisotopic (exact) mass is 339 g/mol. The van der Waals surface area contributed by atoms with E-state index in [1.807, 2.05) is 13.0 Å². The van der Waals surface area contributed by atoms with E-state index in [0.29, 0.717) is 6.54 Å². The van der Waals surface area contributed by atoms with Gasteiger partial charge in [0.05, 0.1) is 4.88 Å². The molecule has 1 amide bonds. The van der Waals surface area contributed by atoms with Crippen LogP contribution in [0.3, 0.4) is 0 Å². The molecular formula is C17H19F2NO2S. The lowest BCUT2D eigenvalue weighted by Gasteiger charge is -2.16. The number of halogens is 2. The molecule has 6 heteroatoms. The summed E-state index contributed by atoms with van der Waals surface area (Å²) in [6.07, 6.45) is 0.908. The second-order valence-electron chi connectivity index (χ2n) is 5.23. The van der Waals surface area contributed by atoms with Crippen molar-refractivity contribution in [2.75, 3.05) is 7.05 Å². The molecular weight excluding hydrogens is 320 g/mol. The largest absolute Gasteiger partial charge is 0.435 e. The van der Waals surface area contributed by atoms with Crippen molar-refractivity contribution in [3.05, 3.63) is 51.2 Å². The van der Waals surface area contributed by atoms with Crippen LogP contribution in [0.2, 0.25) is 0 Å². The Morgan fingerprint density at radius 2 is 1.96 bits per heavy atom. The van der Waals surface area contributed by atoms with Gasteiger partial charge in [0.25, 0.3) is 5.91 Å². The van der Waals surface area contributed by atoms with E-state index < -0.39 is 6.61 Å². The Balaban J connectivity index is 2.02. The van der Waals surface area contributed by atoms with Gasteiger partial charge in [-0.05, 0) is 42.7 Å². The molecule has 1 heterocycles. The van der Waals surface area contributed by atoms with E-state index in [2.05, 4.69) is 11.7 Å². The number of amides is 1. The molecule has 0 bridgehead atoms. The third-order valence-corrected chi connectivity index (χ3v) is 4.61. The minimum absolute atomic E-state index is 0.0364. The molecule has 1 aromatic heterocycles. The van der Waals surface area contributed by atoms with Crippen molar-refractivity contribution in [1.82, 2.24) is 4.90 Å². The van der Waals surface area contributed by atoms with Gasteiger partial charge < -0.3 is 9.64 Å². The van der Waals surface area contributed by atoms with Crippen LogP contribution in [0.5, 0.6) is 5.75 Å². The minimum Gasteiger partial charge on any atom is -0.435 e. The maximum atomic E-state index is 12.5. The number of hydrogen-bond donors (Lipinski definition) is 0. The molecule has 0 aliphatic heterocycles. The summed E-state index contributed by atoms with van der Waals surface area (Å²) in [7, 11) is 1.73. The summed E-state index contributed by atoms with van der Waals surface area (Å²) in [5, 5.41) is 0. The van der Waals surface area contributed by atoms with Gasteiger partial charge in [-0.15, -0.1) is 11.3 Å². The smallest absolute Gasteiger partial charge is 0.387 e. The van der Waals surface area contributed by atoms with E-state index in [1.165, 1.54) is 29.0 Å². The van der Waals surface area contributed by atoms with Gasteiger partial charge in [0.2, 0.25) is 0 Å². The number of carbonyl (C=O) groups is 1. The van der Waals surface area contributed by atoms with Crippen LogP contribution in [0, 0.1) is 6.92 Å². The van der Waals surface area contributed by atoms with Crippen molar-refractivity contribution in [3.8, 4) is 5.75 Å². The number of carbonyl (C=O) groups excluding carboxylic acids is 1. The average molecular weight is 339 g/mol. The number of ether oxygens (including phenoxy) is 1. The van der Waals surface area contributed by atoms with E-state index in [4.69, 9.17) is 0 Å². The van der Waals surface area contributed by atoms with Crippen molar-refractivity contribution in [1.29, 1.82) is 0 Å². The Labute approximate surface area is 138 Å². The first-order chi connectivity index (χ1) is 10.9. The quantitative estimate of drug-likeness (QED) is 0.776. The number of aryl methyl sites for hydroxylation is 2. The molecule has 23 heavy (non-hydrogen) atoms. The van der Waals surface area contributed by atoms with Crippen molar-refractivity contribution >= 4 is 17.2 Å². The lowest BCUT2D eigenvalue weighted by Crippen LogP contribution is -2.25. The van der Waals surface area contributed by atoms with Gasteiger partial charge in [-0.2, -0.15) is 8.78 Å². The third kappa shape index (κ3) is 4.51. The van der Waals surface area contributed by atoms with Crippen LogP contribution in [0.25, 0.3) is 0 Å². The first-order valence-electron chi connectivity index (χ1n) is 7.29. The molecule has 1 aromatic carbocycles. The standard InChI is InChI=1S/C17H19F2NO2S/c1-4-13-9-15(23-11(13)2)16(21)20(3)10-12-5-7-14(8-6-12)22-17(18)19/h5-9,17H,4,10H2,1-3H3. The Kier molecular flexibility index (Phi) is 5.71. The van der Waals surface area contributed by atoms with E-state index in [9.17, 15) is 13.6 Å². The lowest BCUT2D eigenvalue weighted by atomic mass is 10.2. The fraction of sp³-hybridized carbons (Fsp3) is 0.353. The molecule has 0 aliphatic rings. The normalized spacial score (nSPS) is 10.9. The highest BCUT2D eigenvalue weighted by Gasteiger charge is 2.16. The minimum atomic E-state index is -2.83. The Bertz CT molecular complexity index is 668. The summed E-state index contributed by atoms with van der Waals surface area (Å²) in [6, 6.07) is 8.25. The van der Waals surface area contributed by atoms with Crippen molar-refractivity contribution < 1.29 is 18.3 Å². The van der Waals surface area contributed by atoms with Gasteiger partial charge in [-0.3, -0.25) is 4.79 Å². The van der Waals surface area contributed by atoms with Gasteiger partial charge in [-0.25, -0.2) is 0 Å². The zero-order chi connectivity index (χ0) is 17.0. The Morgan fingerprint density at radius 3 is 2.48 bits per heavy atom. The summed E-state index contributed by atoms with van der Waals surface area (Å²) in [5.41, 5.74) is 2.05. The van der Waals surface area contributed by atoms with Gasteiger partial charge in [-0.1, -0.05) is 19.1 Å². The molecule has 2 rings (SSSR count). The van der Waals surface area contributed by atoms with Crippen molar-refractivity contribution in [2.24, 2.45) is 0 Å². The molecule has 0 unspecified atom stereocenters. The number of nitrogens with zero attached hydrogens (tertiary/aromatic N) is 1. The highest BCUT2D eigenvalue weighted by atomic mass is 32.1. The Hall–Kier alpha value is -1.95. The van der Waals surface area contributed by atoms with Crippen LogP contribution in [-0.2, 0) is 13.0 Å². The van der Waals surface area contributed by atoms with Gasteiger partial charge in [0.1, 0.15) is 5.75 Å². The topological polar surface area (TPSA) is 29.5 Å². The number of thiophene rings is 1. The molecule has 0 saturated carbocycles. The van der Waals surface area contributed by atoms with Crippen molar-refractivity contribution in [2.45, 2.75) is 33.4 Å². The predicted molar refractivity (Wildman–Crippen MR) is 87.3 cm³/mol. The molecule has 0 atom stereocenters. The fourth-order valence-electron chi connectivity index (χ4n) is 2.29. The maximum Gasteiger partial charge on any atom is 0.387 e. The molecule has 3 nitrogen and oxygen atoms in total. The summed E-state index contributed by atoms with van der Waals surface area (Å²) < 4.78 is 28.5. The van der Waals surface area contributed by atoms with E-state index in [-0.39, 0.29) is 11.7 Å². The predicted octanol–water partition coefficient (Wildman–Crippen LogP) is 4.49. The lowest BCUT2D eigenvalue weighted by molar-refractivity contribution is -0.0498. The van der Waals surface area contributed by atoms with Crippen LogP contribution in [0.1, 0.15) is 32.6 Å². The molecule has 2 aromatic rings. The maximum absolute atomic E-state index is 12.5. The molecule has 0 fully saturated rings. The van der Waals surface area contributed by atoms with Crippen molar-refractivity contribution in [3.63, 3.8) is 0 Å². The molecule has 0 spiro atoms. The molecule has 0 radical (unpaired) electrons. The first-order valence-corrected chi connectivity index (χ1v) is 8.11. The Morgan fingerprint density at radius 1 is 1.30 bits per heavy atom. The number of rotatable bonds is 6. The summed E-state index contributed by atoms with van der Waals surface area (Å²) in [5.74, 6) is 0.0740. The SMILES string of the molecule is CCc1cc(C(=O)N(C)Cc2ccc(OC(F)F)cc2)sc1C. The molecule has 124 valence electrons. The van der Waals surface area contributed by atoms with Gasteiger partial charge >= 0.3 is 6.61 Å². The number of alkyl halides is 2. The van der Waals surface area contributed by atoms with Crippen LogP contribution in [0.15, 0.2) is 30.3 Å². The number of benzene rings is 1. The van der Waals surface area contributed by atoms with Crippen LogP contribution in [0.4, 0.5) is 8.78 Å². The third-order valence-electron chi connectivity index (χ3n) is 3.53. The second-order valence-corrected chi connectivity index (χ2v) is 6.49. The second kappa shape index (κ2) is 7.55. The van der Waals surface area contributed by atoms with Crippen LogP contribution < -0.4 is 4.74 Å². The molecule has 0 saturated heterocycles. The molecule has 0 aliphatic carbocycles. The van der Waals surface area contributed by atoms with Crippen LogP contribution >= 0.6 is 11.3 Å². The van der Waals surface area contributed by atoms with Gasteiger partial charge in [0, 0.05) is 18.5 Å². The fourth-order valence-corrected chi connectivity index (χ4v) is 3.39. The summed E-state index contributed by atoms with van der Waals surface area (Å²) in [6.45, 7) is 1.66. The highest BCUT2D eigenvalue weighted by Crippen LogP contribution is 2.24. The van der Waals surface area contributed by atoms with Crippen LogP contribution in [-0.4, -0.2) is 24.5 Å². The zero-order valence-corrected chi connectivity index (χ0v) is 14.1. The summed E-state index contributed by atoms with van der Waals surface area (Å²) >= 11 is 1.50. The first kappa shape index (κ1) is 17.4. The van der Waals surface area contributed by atoms with E-state index in [1.54, 1.807) is 24.1 Å². The van der Waals surface area contributed by atoms with Gasteiger partial charge in [0.15, 0.2) is 0 Å². The average Bonchev–Trinajstić information content (AvgIpc) is 2.89. The number of hydrogen-bond acceptors (Lipinski definition) is 3. The zero-order valence-electron chi connectivity index (χ0n) is 13.3. The van der Waals surface area contributed by atoms with E-state index in [0.717, 1.165) is 21.7 Å². The molecule has 0 N–H and O–H groups in total. The highest BCUT2D eigenvalue weighted by molar-refractivity contribution is 7.14. The summed E-state index contributed by atoms with van der Waals surface area (Å²) in [4.78, 5) is 16.0.